The zero-order valence-corrected chi connectivity index (χ0v) is 24.6. The third-order valence-electron chi connectivity index (χ3n) is 7.39. The maximum Gasteiger partial charge on any atom is 0.0815 e. The molecule has 0 fully saturated rings. The van der Waals surface area contributed by atoms with Gasteiger partial charge in [-0.25, -0.2) is 0 Å². The largest absolute Gasteiger partial charge is 0.379 e. The molecular formula is C33H60O2. The van der Waals surface area contributed by atoms with E-state index in [1.165, 1.54) is 63.4 Å². The van der Waals surface area contributed by atoms with Gasteiger partial charge < -0.3 is 9.47 Å². The van der Waals surface area contributed by atoms with Crippen molar-refractivity contribution in [3.05, 3.63) is 35.9 Å². The standard InChI is InChI=1S/C33H60O2/c1-27(2)14-11-15-29(5)16-12-17-30(6)18-13-19-31(7)22-23-34-26-33(24-28(3)4)35-25-32-20-9-8-10-21-32/h8-10,20-21,27-31,33H,11-19,22-26H2,1-7H3. The molecule has 0 spiro atoms. The molecule has 1 aromatic rings. The Morgan fingerprint density at radius 3 is 1.63 bits per heavy atom. The molecule has 2 nitrogen and oxygen atoms in total. The summed E-state index contributed by atoms with van der Waals surface area (Å²) in [6.07, 6.45) is 14.9. The average Bonchev–Trinajstić information content (AvgIpc) is 2.80. The summed E-state index contributed by atoms with van der Waals surface area (Å²) in [5.41, 5.74) is 1.24. The summed E-state index contributed by atoms with van der Waals surface area (Å²) < 4.78 is 12.3. The van der Waals surface area contributed by atoms with Crippen LogP contribution in [0.5, 0.6) is 0 Å². The number of ether oxygens (including phenoxy) is 2. The van der Waals surface area contributed by atoms with Crippen molar-refractivity contribution < 1.29 is 9.47 Å². The fourth-order valence-electron chi connectivity index (χ4n) is 4.93. The zero-order chi connectivity index (χ0) is 25.9. The van der Waals surface area contributed by atoms with Gasteiger partial charge >= 0.3 is 0 Å². The van der Waals surface area contributed by atoms with E-state index in [2.05, 4.69) is 78.8 Å². The highest BCUT2D eigenvalue weighted by Crippen LogP contribution is 2.23. The second-order valence-electron chi connectivity index (χ2n) is 12.4. The summed E-state index contributed by atoms with van der Waals surface area (Å²) in [5, 5.41) is 0. The van der Waals surface area contributed by atoms with Gasteiger partial charge in [0.15, 0.2) is 0 Å². The van der Waals surface area contributed by atoms with Crippen molar-refractivity contribution in [3.8, 4) is 0 Å². The lowest BCUT2D eigenvalue weighted by Crippen LogP contribution is -2.22. The summed E-state index contributed by atoms with van der Waals surface area (Å²) in [7, 11) is 0. The van der Waals surface area contributed by atoms with E-state index in [1.54, 1.807) is 0 Å². The quantitative estimate of drug-likeness (QED) is 0.151. The molecule has 0 aliphatic rings. The molecule has 1 aromatic carbocycles. The number of rotatable bonds is 22. The van der Waals surface area contributed by atoms with Crippen LogP contribution in [0.1, 0.15) is 125 Å². The predicted octanol–water partition coefficient (Wildman–Crippen LogP) is 10.1. The van der Waals surface area contributed by atoms with Gasteiger partial charge in [-0.3, -0.25) is 0 Å². The van der Waals surface area contributed by atoms with Crippen LogP contribution in [0.3, 0.4) is 0 Å². The Hall–Kier alpha value is -0.860. The van der Waals surface area contributed by atoms with Crippen LogP contribution < -0.4 is 0 Å². The van der Waals surface area contributed by atoms with Crippen molar-refractivity contribution in [3.63, 3.8) is 0 Å². The maximum atomic E-state index is 6.19. The second-order valence-corrected chi connectivity index (χ2v) is 12.4. The minimum atomic E-state index is 0.185. The SMILES string of the molecule is CC(C)CCCC(C)CCCC(C)CCCC(C)CCOCC(CC(C)C)OCc1ccccc1. The fourth-order valence-corrected chi connectivity index (χ4v) is 4.93. The molecule has 0 heterocycles. The number of benzene rings is 1. The highest BCUT2D eigenvalue weighted by Gasteiger charge is 2.13. The van der Waals surface area contributed by atoms with Gasteiger partial charge in [0.05, 0.1) is 19.3 Å². The Bertz CT molecular complexity index is 582. The van der Waals surface area contributed by atoms with E-state index >= 15 is 0 Å². The third-order valence-corrected chi connectivity index (χ3v) is 7.39. The fraction of sp³-hybridized carbons (Fsp3) is 0.818. The molecule has 0 aliphatic heterocycles. The van der Waals surface area contributed by atoms with Crippen molar-refractivity contribution in [2.75, 3.05) is 13.2 Å². The van der Waals surface area contributed by atoms with Crippen molar-refractivity contribution in [2.45, 2.75) is 132 Å². The average molecular weight is 489 g/mol. The van der Waals surface area contributed by atoms with E-state index < -0.39 is 0 Å². The maximum absolute atomic E-state index is 6.19. The molecule has 35 heavy (non-hydrogen) atoms. The van der Waals surface area contributed by atoms with Gasteiger partial charge in [-0.15, -0.1) is 0 Å². The van der Waals surface area contributed by atoms with Crippen molar-refractivity contribution in [1.82, 2.24) is 0 Å². The molecule has 0 N–H and O–H groups in total. The lowest BCUT2D eigenvalue weighted by Gasteiger charge is -2.21. The van der Waals surface area contributed by atoms with Crippen LogP contribution in [-0.4, -0.2) is 19.3 Å². The summed E-state index contributed by atoms with van der Waals surface area (Å²) in [5.74, 6) is 4.01. The van der Waals surface area contributed by atoms with Gasteiger partial charge in [0.1, 0.15) is 0 Å². The highest BCUT2D eigenvalue weighted by molar-refractivity contribution is 5.13. The van der Waals surface area contributed by atoms with Crippen molar-refractivity contribution in [1.29, 1.82) is 0 Å². The summed E-state index contributed by atoms with van der Waals surface area (Å²) in [6.45, 7) is 18.8. The summed E-state index contributed by atoms with van der Waals surface area (Å²) >= 11 is 0. The lowest BCUT2D eigenvalue weighted by molar-refractivity contribution is -0.0360. The van der Waals surface area contributed by atoms with E-state index in [-0.39, 0.29) is 6.10 Å². The highest BCUT2D eigenvalue weighted by atomic mass is 16.5. The van der Waals surface area contributed by atoms with E-state index in [4.69, 9.17) is 9.47 Å². The zero-order valence-electron chi connectivity index (χ0n) is 24.6. The normalized spacial score (nSPS) is 15.5. The van der Waals surface area contributed by atoms with Crippen LogP contribution in [0.25, 0.3) is 0 Å². The third kappa shape index (κ3) is 19.0. The van der Waals surface area contributed by atoms with Gasteiger partial charge in [0, 0.05) is 6.61 Å². The Kier molecular flexibility index (Phi) is 18.6. The van der Waals surface area contributed by atoms with Gasteiger partial charge in [-0.1, -0.05) is 137 Å². The molecule has 0 bridgehead atoms. The Morgan fingerprint density at radius 2 is 1.11 bits per heavy atom. The molecule has 0 aromatic heterocycles. The minimum Gasteiger partial charge on any atom is -0.379 e. The van der Waals surface area contributed by atoms with Gasteiger partial charge in [0.2, 0.25) is 0 Å². The van der Waals surface area contributed by atoms with Crippen LogP contribution in [0, 0.1) is 29.6 Å². The summed E-state index contributed by atoms with van der Waals surface area (Å²) in [4.78, 5) is 0. The van der Waals surface area contributed by atoms with E-state index in [0.29, 0.717) is 19.1 Å². The molecule has 1 rings (SSSR count). The van der Waals surface area contributed by atoms with Gasteiger partial charge in [-0.2, -0.15) is 0 Å². The van der Waals surface area contributed by atoms with Crippen LogP contribution in [-0.2, 0) is 16.1 Å². The van der Waals surface area contributed by atoms with E-state index in [0.717, 1.165) is 43.1 Å². The molecular weight excluding hydrogens is 428 g/mol. The molecule has 4 atom stereocenters. The van der Waals surface area contributed by atoms with Crippen LogP contribution >= 0.6 is 0 Å². The minimum absolute atomic E-state index is 0.185. The van der Waals surface area contributed by atoms with Crippen LogP contribution in [0.2, 0.25) is 0 Å². The number of hydrogen-bond donors (Lipinski definition) is 0. The molecule has 2 heteroatoms. The molecule has 0 saturated heterocycles. The molecule has 0 saturated carbocycles. The van der Waals surface area contributed by atoms with Crippen molar-refractivity contribution in [2.24, 2.45) is 29.6 Å². The summed E-state index contributed by atoms with van der Waals surface area (Å²) in [6, 6.07) is 10.5. The number of hydrogen-bond acceptors (Lipinski definition) is 2. The van der Waals surface area contributed by atoms with Gasteiger partial charge in [-0.05, 0) is 48.0 Å². The topological polar surface area (TPSA) is 18.5 Å². The molecule has 0 amide bonds. The molecule has 0 aliphatic carbocycles. The Morgan fingerprint density at radius 1 is 0.600 bits per heavy atom. The van der Waals surface area contributed by atoms with Crippen LogP contribution in [0.4, 0.5) is 0 Å². The first-order chi connectivity index (χ1) is 16.8. The monoisotopic (exact) mass is 488 g/mol. The molecule has 4 unspecified atom stereocenters. The second kappa shape index (κ2) is 20.2. The van der Waals surface area contributed by atoms with Crippen LogP contribution in [0.15, 0.2) is 30.3 Å². The first-order valence-electron chi connectivity index (χ1n) is 15.0. The molecule has 0 radical (unpaired) electrons. The smallest absolute Gasteiger partial charge is 0.0815 e. The van der Waals surface area contributed by atoms with E-state index in [9.17, 15) is 0 Å². The Labute approximate surface area is 220 Å². The molecule has 204 valence electrons. The lowest BCUT2D eigenvalue weighted by atomic mass is 9.91. The van der Waals surface area contributed by atoms with E-state index in [1.807, 2.05) is 0 Å². The first-order valence-corrected chi connectivity index (χ1v) is 15.0. The Balaban J connectivity index is 2.09. The van der Waals surface area contributed by atoms with Crippen molar-refractivity contribution >= 4 is 0 Å². The van der Waals surface area contributed by atoms with Gasteiger partial charge in [0.25, 0.3) is 0 Å². The first kappa shape index (κ1) is 32.2. The predicted molar refractivity (Wildman–Crippen MR) is 154 cm³/mol.